The second-order valence-corrected chi connectivity index (χ2v) is 5.79. The van der Waals surface area contributed by atoms with Crippen LogP contribution in [0.25, 0.3) is 0 Å². The summed E-state index contributed by atoms with van der Waals surface area (Å²) in [6, 6.07) is 2.44. The first-order valence-corrected chi connectivity index (χ1v) is 6.91. The normalized spacial score (nSPS) is 24.6. The minimum absolute atomic E-state index is 0.0238. The van der Waals surface area contributed by atoms with E-state index in [0.717, 1.165) is 18.8 Å². The van der Waals surface area contributed by atoms with Gasteiger partial charge in [0, 0.05) is 37.1 Å². The van der Waals surface area contributed by atoms with Crippen LogP contribution in [0.1, 0.15) is 29.9 Å². The number of likely N-dealkylation sites (N-methyl/N-ethyl adjacent to an activating group) is 1. The summed E-state index contributed by atoms with van der Waals surface area (Å²) >= 11 is 6.15. The van der Waals surface area contributed by atoms with Crippen molar-refractivity contribution in [3.63, 3.8) is 0 Å². The molecule has 1 saturated heterocycles. The molecule has 19 heavy (non-hydrogen) atoms. The highest BCUT2D eigenvalue weighted by atomic mass is 35.5. The Hall–Kier alpha value is -1.13. The van der Waals surface area contributed by atoms with Gasteiger partial charge in [-0.05, 0) is 33.9 Å². The lowest BCUT2D eigenvalue weighted by Crippen LogP contribution is -2.56. The Morgan fingerprint density at radius 1 is 1.37 bits per heavy atom. The van der Waals surface area contributed by atoms with Crippen molar-refractivity contribution in [1.82, 2.24) is 14.8 Å². The molecule has 1 aliphatic heterocycles. The number of nitrogens with zero attached hydrogens (tertiary/aromatic N) is 3. The van der Waals surface area contributed by atoms with Crippen molar-refractivity contribution in [1.29, 1.82) is 0 Å². The maximum atomic E-state index is 12.5. The molecule has 1 aromatic rings. The summed E-state index contributed by atoms with van der Waals surface area (Å²) < 4.78 is 0. The molecule has 0 spiro atoms. The molecule has 0 bridgehead atoms. The van der Waals surface area contributed by atoms with E-state index in [1.807, 2.05) is 11.8 Å². The van der Waals surface area contributed by atoms with E-state index in [4.69, 9.17) is 11.6 Å². The Labute approximate surface area is 119 Å². The molecule has 2 heterocycles. The van der Waals surface area contributed by atoms with E-state index in [9.17, 15) is 4.79 Å². The van der Waals surface area contributed by atoms with Gasteiger partial charge in [-0.25, -0.2) is 0 Å². The molecule has 1 fully saturated rings. The fourth-order valence-corrected chi connectivity index (χ4v) is 2.71. The first-order chi connectivity index (χ1) is 8.90. The van der Waals surface area contributed by atoms with E-state index in [2.05, 4.69) is 30.8 Å². The van der Waals surface area contributed by atoms with Crippen LogP contribution in [-0.4, -0.2) is 52.9 Å². The Balaban J connectivity index is 2.20. The smallest absolute Gasteiger partial charge is 0.257 e. The van der Waals surface area contributed by atoms with Gasteiger partial charge >= 0.3 is 0 Å². The van der Waals surface area contributed by atoms with Crippen LogP contribution in [-0.2, 0) is 0 Å². The summed E-state index contributed by atoms with van der Waals surface area (Å²) in [5.74, 6) is -0.0238. The number of hydrogen-bond acceptors (Lipinski definition) is 3. The van der Waals surface area contributed by atoms with Crippen LogP contribution >= 0.6 is 11.6 Å². The predicted molar refractivity (Wildman–Crippen MR) is 76.6 cm³/mol. The number of carbonyl (C=O) groups excluding carboxylic acids is 1. The van der Waals surface area contributed by atoms with Crippen LogP contribution in [0, 0.1) is 6.92 Å². The van der Waals surface area contributed by atoms with Gasteiger partial charge in [0.05, 0.1) is 10.6 Å². The van der Waals surface area contributed by atoms with Gasteiger partial charge in [0.25, 0.3) is 5.91 Å². The summed E-state index contributed by atoms with van der Waals surface area (Å²) in [5, 5.41) is 0.483. The standard InChI is InChI=1S/C14H20ClN3O/c1-9-5-13(15)12(6-16-9)14(19)18-7-10(2)17(4)11(3)8-18/h5-6,10-11H,7-8H2,1-4H3. The molecule has 0 aliphatic carbocycles. The van der Waals surface area contributed by atoms with E-state index in [1.54, 1.807) is 12.3 Å². The molecule has 0 radical (unpaired) electrons. The van der Waals surface area contributed by atoms with Gasteiger partial charge in [-0.1, -0.05) is 11.6 Å². The van der Waals surface area contributed by atoms with Crippen LogP contribution in [0.15, 0.2) is 12.3 Å². The lowest BCUT2D eigenvalue weighted by molar-refractivity contribution is 0.0414. The monoisotopic (exact) mass is 281 g/mol. The summed E-state index contributed by atoms with van der Waals surface area (Å²) in [5.41, 5.74) is 1.32. The Bertz CT molecular complexity index is 480. The summed E-state index contributed by atoms with van der Waals surface area (Å²) in [7, 11) is 2.09. The fourth-order valence-electron chi connectivity index (χ4n) is 2.42. The molecule has 1 aliphatic rings. The van der Waals surface area contributed by atoms with Gasteiger partial charge in [0.15, 0.2) is 0 Å². The first-order valence-electron chi connectivity index (χ1n) is 6.53. The summed E-state index contributed by atoms with van der Waals surface area (Å²) in [4.78, 5) is 20.8. The number of halogens is 1. The second-order valence-electron chi connectivity index (χ2n) is 5.38. The van der Waals surface area contributed by atoms with Crippen LogP contribution in [0.3, 0.4) is 0 Å². The van der Waals surface area contributed by atoms with Crippen molar-refractivity contribution in [3.8, 4) is 0 Å². The third-order valence-corrected chi connectivity index (χ3v) is 4.18. The van der Waals surface area contributed by atoms with E-state index >= 15 is 0 Å². The number of pyridine rings is 1. The zero-order valence-electron chi connectivity index (χ0n) is 11.9. The van der Waals surface area contributed by atoms with Crippen molar-refractivity contribution in [2.45, 2.75) is 32.9 Å². The highest BCUT2D eigenvalue weighted by molar-refractivity contribution is 6.33. The SMILES string of the molecule is Cc1cc(Cl)c(C(=O)N2CC(C)N(C)C(C)C2)cn1. The Morgan fingerprint density at radius 3 is 2.47 bits per heavy atom. The number of amides is 1. The highest BCUT2D eigenvalue weighted by Crippen LogP contribution is 2.21. The molecular formula is C14H20ClN3O. The number of aryl methyl sites for hydroxylation is 1. The van der Waals surface area contributed by atoms with E-state index in [-0.39, 0.29) is 5.91 Å². The number of aromatic nitrogens is 1. The zero-order chi connectivity index (χ0) is 14.2. The second kappa shape index (κ2) is 5.47. The minimum Gasteiger partial charge on any atom is -0.335 e. The van der Waals surface area contributed by atoms with Gasteiger partial charge in [-0.3, -0.25) is 14.7 Å². The maximum Gasteiger partial charge on any atom is 0.257 e. The quantitative estimate of drug-likeness (QED) is 0.792. The largest absolute Gasteiger partial charge is 0.335 e. The molecule has 1 aromatic heterocycles. The summed E-state index contributed by atoms with van der Waals surface area (Å²) in [6.07, 6.45) is 1.58. The number of hydrogen-bond donors (Lipinski definition) is 0. The maximum absolute atomic E-state index is 12.5. The molecule has 5 heteroatoms. The van der Waals surface area contributed by atoms with Gasteiger partial charge in [0.2, 0.25) is 0 Å². The fraction of sp³-hybridized carbons (Fsp3) is 0.571. The van der Waals surface area contributed by atoms with Gasteiger partial charge < -0.3 is 4.90 Å². The van der Waals surface area contributed by atoms with Gasteiger partial charge in [0.1, 0.15) is 0 Å². The molecule has 0 N–H and O–H groups in total. The van der Waals surface area contributed by atoms with E-state index in [1.165, 1.54) is 0 Å². The third kappa shape index (κ3) is 2.90. The van der Waals surface area contributed by atoms with Crippen LogP contribution in [0.5, 0.6) is 0 Å². The number of carbonyl (C=O) groups is 1. The summed E-state index contributed by atoms with van der Waals surface area (Å²) in [6.45, 7) is 7.57. The Morgan fingerprint density at radius 2 is 1.95 bits per heavy atom. The Kier molecular flexibility index (Phi) is 4.11. The molecular weight excluding hydrogens is 262 g/mol. The number of piperazine rings is 1. The minimum atomic E-state index is -0.0238. The third-order valence-electron chi connectivity index (χ3n) is 3.87. The number of rotatable bonds is 1. The molecule has 2 atom stereocenters. The van der Waals surface area contributed by atoms with Crippen LogP contribution < -0.4 is 0 Å². The van der Waals surface area contributed by atoms with Crippen LogP contribution in [0.2, 0.25) is 5.02 Å². The molecule has 0 aromatic carbocycles. The van der Waals surface area contributed by atoms with Gasteiger partial charge in [-0.15, -0.1) is 0 Å². The van der Waals surface area contributed by atoms with Crippen LogP contribution in [0.4, 0.5) is 0 Å². The molecule has 1 amide bonds. The average Bonchev–Trinajstić information content (AvgIpc) is 2.34. The van der Waals surface area contributed by atoms with E-state index in [0.29, 0.717) is 22.7 Å². The predicted octanol–water partition coefficient (Wildman–Crippen LogP) is 2.21. The van der Waals surface area contributed by atoms with Crippen molar-refractivity contribution in [2.75, 3.05) is 20.1 Å². The molecule has 104 valence electrons. The molecule has 4 nitrogen and oxygen atoms in total. The molecule has 0 saturated carbocycles. The van der Waals surface area contributed by atoms with Crippen molar-refractivity contribution < 1.29 is 4.79 Å². The lowest BCUT2D eigenvalue weighted by Gasteiger charge is -2.42. The van der Waals surface area contributed by atoms with Crippen molar-refractivity contribution in [3.05, 3.63) is 28.5 Å². The molecule has 2 unspecified atom stereocenters. The lowest BCUT2D eigenvalue weighted by atomic mass is 10.1. The highest BCUT2D eigenvalue weighted by Gasteiger charge is 2.30. The average molecular weight is 282 g/mol. The molecule has 2 rings (SSSR count). The first kappa shape index (κ1) is 14.3. The van der Waals surface area contributed by atoms with E-state index < -0.39 is 0 Å². The topological polar surface area (TPSA) is 36.4 Å². The van der Waals surface area contributed by atoms with Crippen molar-refractivity contribution in [2.24, 2.45) is 0 Å². The van der Waals surface area contributed by atoms with Crippen molar-refractivity contribution >= 4 is 17.5 Å². The zero-order valence-corrected chi connectivity index (χ0v) is 12.6. The van der Waals surface area contributed by atoms with Gasteiger partial charge in [-0.2, -0.15) is 0 Å².